The summed E-state index contributed by atoms with van der Waals surface area (Å²) >= 11 is 0. The van der Waals surface area contributed by atoms with E-state index in [9.17, 15) is 4.79 Å². The first kappa shape index (κ1) is 24.7. The Bertz CT molecular complexity index is 841. The largest absolute Gasteiger partial charge is 0.484 e. The summed E-state index contributed by atoms with van der Waals surface area (Å²) in [6, 6.07) is 13.9. The number of nitrogens with one attached hydrogen (secondary N) is 2. The van der Waals surface area contributed by atoms with Crippen LogP contribution in [0.2, 0.25) is 0 Å². The number of hydrogen-bond donors (Lipinski definition) is 3. The van der Waals surface area contributed by atoms with Gasteiger partial charge in [0, 0.05) is 31.9 Å². The van der Waals surface area contributed by atoms with Crippen LogP contribution >= 0.6 is 24.0 Å². The van der Waals surface area contributed by atoms with E-state index in [1.165, 1.54) is 0 Å². The van der Waals surface area contributed by atoms with Crippen molar-refractivity contribution in [1.29, 1.82) is 0 Å². The molecular weight excluding hydrogens is 507 g/mol. The molecule has 31 heavy (non-hydrogen) atoms. The van der Waals surface area contributed by atoms with Crippen LogP contribution in [0.15, 0.2) is 53.7 Å². The molecule has 1 aromatic heterocycles. The molecule has 3 rings (SSSR count). The summed E-state index contributed by atoms with van der Waals surface area (Å²) in [5.41, 5.74) is 6.13. The quantitative estimate of drug-likeness (QED) is 0.271. The van der Waals surface area contributed by atoms with Gasteiger partial charge in [0.15, 0.2) is 12.6 Å². The van der Waals surface area contributed by atoms with Crippen molar-refractivity contribution in [2.24, 2.45) is 10.7 Å². The molecule has 8 nitrogen and oxygen atoms in total. The number of amides is 1. The number of hydrogen-bond acceptors (Lipinski definition) is 5. The average Bonchev–Trinajstić information content (AvgIpc) is 2.78. The van der Waals surface area contributed by atoms with Crippen molar-refractivity contribution in [3.8, 4) is 5.75 Å². The lowest BCUT2D eigenvalue weighted by atomic mass is 10.1. The number of pyridine rings is 1. The van der Waals surface area contributed by atoms with Crippen LogP contribution in [0.5, 0.6) is 5.75 Å². The number of carbonyl (C=O) groups excluding carboxylic acids is 1. The molecule has 1 saturated heterocycles. The number of anilines is 1. The fourth-order valence-corrected chi connectivity index (χ4v) is 3.37. The lowest BCUT2D eigenvalue weighted by Crippen LogP contribution is -2.48. The van der Waals surface area contributed by atoms with Gasteiger partial charge in [0.2, 0.25) is 0 Å². The minimum absolute atomic E-state index is 0. The Kier molecular flexibility index (Phi) is 10.3. The molecule has 168 valence electrons. The molecular formula is C22H31IN6O2. The second kappa shape index (κ2) is 13.0. The maximum Gasteiger partial charge on any atom is 0.255 e. The fourth-order valence-electron chi connectivity index (χ4n) is 3.37. The van der Waals surface area contributed by atoms with Gasteiger partial charge in [0.25, 0.3) is 5.91 Å². The number of halogens is 1. The number of carbonyl (C=O) groups is 1. The molecule has 1 aliphatic rings. The lowest BCUT2D eigenvalue weighted by Gasteiger charge is -2.33. The summed E-state index contributed by atoms with van der Waals surface area (Å²) in [7, 11) is 0. The summed E-state index contributed by atoms with van der Waals surface area (Å²) in [5, 5.41) is 6.87. The first-order valence-corrected chi connectivity index (χ1v) is 10.3. The second-order valence-electron chi connectivity index (χ2n) is 7.19. The van der Waals surface area contributed by atoms with Crippen molar-refractivity contribution in [1.82, 2.24) is 15.6 Å². The molecule has 0 atom stereocenters. The number of primary amides is 1. The number of guanidine groups is 1. The standard InChI is InChI=1S/C22H30N6O2.HI/c1-2-24-22(26-15-17-6-5-7-19(14-17)30-16-20(23)29)27-18-9-12-28(13-10-18)21-8-3-4-11-25-21;/h3-8,11,14,18H,2,9-10,12-13,15-16H2,1H3,(H2,23,29)(H2,24,26,27);1H. The first-order valence-electron chi connectivity index (χ1n) is 10.3. The molecule has 4 N–H and O–H groups in total. The van der Waals surface area contributed by atoms with Crippen molar-refractivity contribution in [2.75, 3.05) is 31.1 Å². The van der Waals surface area contributed by atoms with E-state index in [1.807, 2.05) is 36.5 Å². The minimum atomic E-state index is -0.494. The van der Waals surface area contributed by atoms with Crippen LogP contribution in [0.1, 0.15) is 25.3 Å². The van der Waals surface area contributed by atoms with Crippen molar-refractivity contribution in [3.63, 3.8) is 0 Å². The van der Waals surface area contributed by atoms with Gasteiger partial charge in [-0.05, 0) is 49.6 Å². The third-order valence-electron chi connectivity index (χ3n) is 4.85. The van der Waals surface area contributed by atoms with Gasteiger partial charge in [-0.1, -0.05) is 18.2 Å². The van der Waals surface area contributed by atoms with E-state index in [2.05, 4.69) is 33.5 Å². The Balaban J connectivity index is 0.00000341. The number of ether oxygens (including phenoxy) is 1. The van der Waals surface area contributed by atoms with Crippen LogP contribution in [0.3, 0.4) is 0 Å². The van der Waals surface area contributed by atoms with Crippen LogP contribution < -0.4 is 26.0 Å². The highest BCUT2D eigenvalue weighted by molar-refractivity contribution is 14.0. The molecule has 1 aromatic carbocycles. The summed E-state index contributed by atoms with van der Waals surface area (Å²) in [6.07, 6.45) is 3.89. The maximum atomic E-state index is 10.9. The average molecular weight is 538 g/mol. The predicted octanol–water partition coefficient (Wildman–Crippen LogP) is 2.29. The molecule has 0 spiro atoms. The number of nitrogens with two attached hydrogens (primary N) is 1. The monoisotopic (exact) mass is 538 g/mol. The van der Waals surface area contributed by atoms with E-state index in [0.29, 0.717) is 18.3 Å². The first-order chi connectivity index (χ1) is 14.6. The Morgan fingerprint density at radius 2 is 2.06 bits per heavy atom. The normalized spacial score (nSPS) is 14.5. The smallest absolute Gasteiger partial charge is 0.255 e. The molecule has 0 bridgehead atoms. The van der Waals surface area contributed by atoms with Gasteiger partial charge in [-0.15, -0.1) is 24.0 Å². The molecule has 0 unspecified atom stereocenters. The van der Waals surface area contributed by atoms with E-state index in [0.717, 1.165) is 49.8 Å². The molecule has 2 heterocycles. The van der Waals surface area contributed by atoms with Crippen molar-refractivity contribution in [3.05, 3.63) is 54.2 Å². The van der Waals surface area contributed by atoms with Crippen LogP contribution in [-0.2, 0) is 11.3 Å². The minimum Gasteiger partial charge on any atom is -0.484 e. The molecule has 2 aromatic rings. The van der Waals surface area contributed by atoms with Crippen molar-refractivity contribution < 1.29 is 9.53 Å². The molecule has 1 aliphatic heterocycles. The SMILES string of the molecule is CCNC(=NCc1cccc(OCC(N)=O)c1)NC1CCN(c2ccccn2)CC1.I. The third-order valence-corrected chi connectivity index (χ3v) is 4.85. The van der Waals surface area contributed by atoms with Crippen LogP contribution in [0, 0.1) is 0 Å². The molecule has 9 heteroatoms. The van der Waals surface area contributed by atoms with Gasteiger partial charge in [-0.3, -0.25) is 4.79 Å². The topological polar surface area (TPSA) is 105 Å². The van der Waals surface area contributed by atoms with E-state index < -0.39 is 5.91 Å². The zero-order valence-electron chi connectivity index (χ0n) is 17.8. The predicted molar refractivity (Wildman–Crippen MR) is 134 cm³/mol. The number of piperidine rings is 1. The van der Waals surface area contributed by atoms with Gasteiger partial charge in [-0.25, -0.2) is 9.98 Å². The fraction of sp³-hybridized carbons (Fsp3) is 0.409. The summed E-state index contributed by atoms with van der Waals surface area (Å²) < 4.78 is 5.37. The van der Waals surface area contributed by atoms with Crippen molar-refractivity contribution in [2.45, 2.75) is 32.4 Å². The van der Waals surface area contributed by atoms with Crippen LogP contribution in [-0.4, -0.2) is 49.1 Å². The van der Waals surface area contributed by atoms with E-state index in [-0.39, 0.29) is 30.6 Å². The Morgan fingerprint density at radius 3 is 2.74 bits per heavy atom. The summed E-state index contributed by atoms with van der Waals surface area (Å²) in [6.45, 7) is 5.16. The van der Waals surface area contributed by atoms with E-state index in [4.69, 9.17) is 15.5 Å². The molecule has 1 amide bonds. The summed E-state index contributed by atoms with van der Waals surface area (Å²) in [5.74, 6) is 1.96. The number of rotatable bonds is 8. The second-order valence-corrected chi connectivity index (χ2v) is 7.19. The molecule has 0 saturated carbocycles. The van der Waals surface area contributed by atoms with Gasteiger partial charge in [0.1, 0.15) is 11.6 Å². The molecule has 0 aliphatic carbocycles. The number of aromatic nitrogens is 1. The zero-order valence-corrected chi connectivity index (χ0v) is 20.1. The van der Waals surface area contributed by atoms with Crippen molar-refractivity contribution >= 4 is 41.7 Å². The Hall–Kier alpha value is -2.56. The third kappa shape index (κ3) is 8.23. The number of benzene rings is 1. The van der Waals surface area contributed by atoms with E-state index >= 15 is 0 Å². The molecule has 1 fully saturated rings. The maximum absolute atomic E-state index is 10.9. The van der Waals surface area contributed by atoms with Gasteiger partial charge in [-0.2, -0.15) is 0 Å². The zero-order chi connectivity index (χ0) is 21.2. The van der Waals surface area contributed by atoms with E-state index in [1.54, 1.807) is 6.07 Å². The Morgan fingerprint density at radius 1 is 1.26 bits per heavy atom. The van der Waals surface area contributed by atoms with Gasteiger partial charge >= 0.3 is 0 Å². The molecule has 0 radical (unpaired) electrons. The highest BCUT2D eigenvalue weighted by Gasteiger charge is 2.20. The highest BCUT2D eigenvalue weighted by atomic mass is 127. The summed E-state index contributed by atoms with van der Waals surface area (Å²) in [4.78, 5) is 22.4. The van der Waals surface area contributed by atoms with Crippen LogP contribution in [0.4, 0.5) is 5.82 Å². The van der Waals surface area contributed by atoms with Crippen LogP contribution in [0.25, 0.3) is 0 Å². The Labute approximate surface area is 200 Å². The highest BCUT2D eigenvalue weighted by Crippen LogP contribution is 2.17. The number of aliphatic imine (C=N–C) groups is 1. The lowest BCUT2D eigenvalue weighted by molar-refractivity contribution is -0.119. The van der Waals surface area contributed by atoms with Gasteiger partial charge < -0.3 is 26.0 Å². The van der Waals surface area contributed by atoms with Gasteiger partial charge in [0.05, 0.1) is 6.54 Å². The number of nitrogens with zero attached hydrogens (tertiary/aromatic N) is 3.